The number of nitrogens with zero attached hydrogens (tertiary/aromatic N) is 1. The highest BCUT2D eigenvalue weighted by atomic mass is 32.2. The van der Waals surface area contributed by atoms with E-state index in [0.717, 1.165) is 6.42 Å². The molecule has 0 spiro atoms. The van der Waals surface area contributed by atoms with Crippen LogP contribution in [0.15, 0.2) is 11.0 Å². The molecule has 84 valence electrons. The fraction of sp³-hybridized carbons (Fsp3) is 0.727. The number of morpholine rings is 1. The molecule has 3 nitrogen and oxygen atoms in total. The van der Waals surface area contributed by atoms with Gasteiger partial charge in [0.1, 0.15) is 18.1 Å². The van der Waals surface area contributed by atoms with Crippen LogP contribution in [0, 0.1) is 5.92 Å². The second kappa shape index (κ2) is 4.18. The molecule has 2 aliphatic rings. The summed E-state index contributed by atoms with van der Waals surface area (Å²) in [5, 5.41) is 0.167. The maximum absolute atomic E-state index is 11.4. The molecule has 4 heteroatoms. The lowest BCUT2D eigenvalue weighted by Crippen LogP contribution is -2.48. The Morgan fingerprint density at radius 2 is 2.40 bits per heavy atom. The van der Waals surface area contributed by atoms with Gasteiger partial charge in [-0.15, -0.1) is 11.8 Å². The second-order valence-corrected chi connectivity index (χ2v) is 5.76. The van der Waals surface area contributed by atoms with Crippen LogP contribution in [0.1, 0.15) is 20.3 Å². The van der Waals surface area contributed by atoms with Gasteiger partial charge in [-0.3, -0.25) is 4.79 Å². The van der Waals surface area contributed by atoms with E-state index in [2.05, 4.69) is 19.9 Å². The fourth-order valence-electron chi connectivity index (χ4n) is 1.89. The van der Waals surface area contributed by atoms with Gasteiger partial charge in [-0.2, -0.15) is 0 Å². The summed E-state index contributed by atoms with van der Waals surface area (Å²) < 4.78 is 5.51. The molecule has 2 atom stereocenters. The average Bonchev–Trinajstić information content (AvgIpc) is 2.54. The van der Waals surface area contributed by atoms with Crippen LogP contribution in [0.25, 0.3) is 0 Å². The predicted molar refractivity (Wildman–Crippen MR) is 61.4 cm³/mol. The molecule has 0 aromatic heterocycles. The van der Waals surface area contributed by atoms with Gasteiger partial charge in [-0.1, -0.05) is 13.8 Å². The van der Waals surface area contributed by atoms with Gasteiger partial charge in [-0.05, 0) is 23.3 Å². The van der Waals surface area contributed by atoms with E-state index in [9.17, 15) is 4.79 Å². The Balaban J connectivity index is 2.03. The summed E-state index contributed by atoms with van der Waals surface area (Å²) in [4.78, 5) is 14.6. The minimum atomic E-state index is 0.0861. The number of hydrogen-bond donors (Lipinski definition) is 0. The average molecular weight is 227 g/mol. The normalized spacial score (nSPS) is 30.8. The summed E-state index contributed by atoms with van der Waals surface area (Å²) in [7, 11) is 1.86. The Kier molecular flexibility index (Phi) is 3.07. The summed E-state index contributed by atoms with van der Waals surface area (Å²) in [6, 6.07) is 0. The molecule has 1 fully saturated rings. The number of amides is 1. The third-order valence-corrected chi connectivity index (χ3v) is 4.12. The Bertz CT molecular complexity index is 301. The minimum absolute atomic E-state index is 0.0861. The van der Waals surface area contributed by atoms with Crippen molar-refractivity contribution in [3.63, 3.8) is 0 Å². The minimum Gasteiger partial charge on any atom is -0.361 e. The largest absolute Gasteiger partial charge is 0.361 e. The fourth-order valence-corrected chi connectivity index (χ4v) is 3.41. The molecule has 2 unspecified atom stereocenters. The van der Waals surface area contributed by atoms with E-state index in [0.29, 0.717) is 5.92 Å². The van der Waals surface area contributed by atoms with Gasteiger partial charge in [0.2, 0.25) is 5.91 Å². The zero-order valence-electron chi connectivity index (χ0n) is 9.40. The van der Waals surface area contributed by atoms with Gasteiger partial charge >= 0.3 is 0 Å². The molecule has 0 N–H and O–H groups in total. The van der Waals surface area contributed by atoms with E-state index in [-0.39, 0.29) is 24.0 Å². The zero-order valence-corrected chi connectivity index (χ0v) is 10.2. The van der Waals surface area contributed by atoms with Crippen molar-refractivity contribution in [1.82, 2.24) is 4.90 Å². The van der Waals surface area contributed by atoms with Crippen LogP contribution in [0.5, 0.6) is 0 Å². The van der Waals surface area contributed by atoms with Crippen molar-refractivity contribution in [2.75, 3.05) is 13.7 Å². The highest BCUT2D eigenvalue weighted by molar-refractivity contribution is 8.03. The summed E-state index contributed by atoms with van der Waals surface area (Å²) in [6.07, 6.45) is 3.37. The lowest BCUT2D eigenvalue weighted by Gasteiger charge is -2.33. The number of thioether (sulfide) groups is 1. The molecule has 1 saturated heterocycles. The lowest BCUT2D eigenvalue weighted by atomic mass is 10.1. The smallest absolute Gasteiger partial charge is 0.249 e. The molecule has 2 heterocycles. The molecular weight excluding hydrogens is 210 g/mol. The van der Waals surface area contributed by atoms with Gasteiger partial charge in [-0.25, -0.2) is 0 Å². The predicted octanol–water partition coefficient (Wildman–Crippen LogP) is 1.85. The zero-order chi connectivity index (χ0) is 11.0. The molecule has 1 amide bonds. The van der Waals surface area contributed by atoms with Gasteiger partial charge < -0.3 is 9.64 Å². The molecule has 0 saturated carbocycles. The monoisotopic (exact) mass is 227 g/mol. The maximum Gasteiger partial charge on any atom is 0.249 e. The number of ether oxygens (including phenoxy) is 1. The van der Waals surface area contributed by atoms with Crippen molar-refractivity contribution >= 4 is 17.7 Å². The molecule has 0 aromatic carbocycles. The molecule has 0 radical (unpaired) electrons. The highest BCUT2D eigenvalue weighted by Crippen LogP contribution is 2.40. The van der Waals surface area contributed by atoms with Crippen LogP contribution in [0.4, 0.5) is 0 Å². The SMILES string of the molecule is CC(C)CC1=CC2OCC(=O)N(C)C2S1. The maximum atomic E-state index is 11.4. The van der Waals surface area contributed by atoms with Crippen LogP contribution in [0.3, 0.4) is 0 Å². The molecule has 0 aliphatic carbocycles. The van der Waals surface area contributed by atoms with Gasteiger partial charge in [0.15, 0.2) is 0 Å². The Hall–Kier alpha value is -0.480. The van der Waals surface area contributed by atoms with E-state index in [1.54, 1.807) is 11.8 Å². The first kappa shape index (κ1) is 11.0. The molecular formula is C11H17NO2S. The molecule has 0 bridgehead atoms. The number of likely N-dealkylation sites (N-methyl/N-ethyl adjacent to an activating group) is 1. The first-order valence-electron chi connectivity index (χ1n) is 5.32. The van der Waals surface area contributed by atoms with Gasteiger partial charge in [0, 0.05) is 7.05 Å². The van der Waals surface area contributed by atoms with Crippen molar-refractivity contribution in [2.45, 2.75) is 31.7 Å². The number of allylic oxidation sites excluding steroid dienone is 1. The quantitative estimate of drug-likeness (QED) is 0.721. The summed E-state index contributed by atoms with van der Waals surface area (Å²) in [5.41, 5.74) is 0. The van der Waals surface area contributed by atoms with E-state index in [1.165, 1.54) is 4.91 Å². The van der Waals surface area contributed by atoms with Crippen molar-refractivity contribution < 1.29 is 9.53 Å². The first-order chi connectivity index (χ1) is 7.08. The summed E-state index contributed by atoms with van der Waals surface area (Å²) in [5.74, 6) is 0.743. The number of carbonyl (C=O) groups excluding carboxylic acids is 1. The highest BCUT2D eigenvalue weighted by Gasteiger charge is 2.38. The first-order valence-corrected chi connectivity index (χ1v) is 6.20. The molecule has 15 heavy (non-hydrogen) atoms. The van der Waals surface area contributed by atoms with E-state index < -0.39 is 0 Å². The molecule has 0 aromatic rings. The van der Waals surface area contributed by atoms with E-state index in [4.69, 9.17) is 4.74 Å². The topological polar surface area (TPSA) is 29.5 Å². The number of rotatable bonds is 2. The van der Waals surface area contributed by atoms with Crippen LogP contribution in [-0.4, -0.2) is 35.9 Å². The van der Waals surface area contributed by atoms with Crippen molar-refractivity contribution in [3.05, 3.63) is 11.0 Å². The van der Waals surface area contributed by atoms with E-state index >= 15 is 0 Å². The van der Waals surface area contributed by atoms with Gasteiger partial charge in [0.25, 0.3) is 0 Å². The third kappa shape index (κ3) is 2.21. The second-order valence-electron chi connectivity index (χ2n) is 4.52. The summed E-state index contributed by atoms with van der Waals surface area (Å²) in [6.45, 7) is 4.64. The van der Waals surface area contributed by atoms with Crippen molar-refractivity contribution in [3.8, 4) is 0 Å². The number of hydrogen-bond acceptors (Lipinski definition) is 3. The van der Waals surface area contributed by atoms with Crippen molar-refractivity contribution in [1.29, 1.82) is 0 Å². The number of carbonyl (C=O) groups is 1. The molecule has 2 aliphatic heterocycles. The van der Waals surface area contributed by atoms with Crippen LogP contribution < -0.4 is 0 Å². The van der Waals surface area contributed by atoms with E-state index in [1.807, 2.05) is 11.9 Å². The Morgan fingerprint density at radius 1 is 1.67 bits per heavy atom. The summed E-state index contributed by atoms with van der Waals surface area (Å²) >= 11 is 1.78. The van der Waals surface area contributed by atoms with Crippen LogP contribution in [-0.2, 0) is 9.53 Å². The Morgan fingerprint density at radius 3 is 3.07 bits per heavy atom. The van der Waals surface area contributed by atoms with Gasteiger partial charge in [0.05, 0.1) is 0 Å². The standard InChI is InChI=1S/C11H17NO2S/c1-7(2)4-8-5-9-11(15-8)12(3)10(13)6-14-9/h5,7,9,11H,4,6H2,1-3H3. The third-order valence-electron chi connectivity index (χ3n) is 2.69. The van der Waals surface area contributed by atoms with Crippen LogP contribution in [0.2, 0.25) is 0 Å². The lowest BCUT2D eigenvalue weighted by molar-refractivity contribution is -0.145. The van der Waals surface area contributed by atoms with Crippen LogP contribution >= 0.6 is 11.8 Å². The Labute approximate surface area is 94.8 Å². The number of fused-ring (bicyclic) bond motifs is 1. The molecule has 2 rings (SSSR count). The van der Waals surface area contributed by atoms with Crippen molar-refractivity contribution in [2.24, 2.45) is 5.92 Å².